The standard InChI is InChI=1S/C22H26N4O3S/c1-4-18(23)20(21(27)15-7-11-17(29-3)12-8-15)25-22-24-19(26-30-22)13-14-5-9-16(28-2)10-6-14/h5-12,18,20H,4,13,23H2,1-3H3,(H,24,25,26). The maximum Gasteiger partial charge on any atom is 0.203 e. The number of benzene rings is 2. The zero-order chi connectivity index (χ0) is 21.5. The number of nitrogens with two attached hydrogens (primary N) is 1. The molecule has 0 aliphatic carbocycles. The van der Waals surface area contributed by atoms with Crippen LogP contribution in [0.5, 0.6) is 11.5 Å². The number of nitrogens with zero attached hydrogens (tertiary/aromatic N) is 2. The van der Waals surface area contributed by atoms with E-state index in [9.17, 15) is 4.79 Å². The van der Waals surface area contributed by atoms with Crippen molar-refractivity contribution >= 4 is 22.4 Å². The van der Waals surface area contributed by atoms with Crippen molar-refractivity contribution in [2.24, 2.45) is 5.73 Å². The number of methoxy groups -OCH3 is 2. The van der Waals surface area contributed by atoms with Gasteiger partial charge in [0.05, 0.1) is 14.2 Å². The van der Waals surface area contributed by atoms with E-state index < -0.39 is 6.04 Å². The third-order valence-electron chi connectivity index (χ3n) is 4.82. The zero-order valence-electron chi connectivity index (χ0n) is 17.3. The highest BCUT2D eigenvalue weighted by molar-refractivity contribution is 7.09. The average Bonchev–Trinajstić information content (AvgIpc) is 3.24. The van der Waals surface area contributed by atoms with E-state index in [4.69, 9.17) is 15.2 Å². The Hall–Kier alpha value is -2.97. The highest BCUT2D eigenvalue weighted by Gasteiger charge is 2.27. The first kappa shape index (κ1) is 21.7. The number of hydrogen-bond acceptors (Lipinski definition) is 8. The number of carbonyl (C=O) groups excluding carboxylic acids is 1. The Kier molecular flexibility index (Phi) is 7.37. The van der Waals surface area contributed by atoms with Gasteiger partial charge >= 0.3 is 0 Å². The van der Waals surface area contributed by atoms with Gasteiger partial charge in [-0.25, -0.2) is 4.98 Å². The lowest BCUT2D eigenvalue weighted by Gasteiger charge is -2.22. The number of aromatic nitrogens is 2. The molecule has 0 saturated carbocycles. The summed E-state index contributed by atoms with van der Waals surface area (Å²) in [5.74, 6) is 2.11. The van der Waals surface area contributed by atoms with Gasteiger partial charge in [-0.05, 0) is 48.4 Å². The number of anilines is 1. The van der Waals surface area contributed by atoms with Crippen LogP contribution in [0.15, 0.2) is 48.5 Å². The monoisotopic (exact) mass is 426 g/mol. The molecule has 1 heterocycles. The summed E-state index contributed by atoms with van der Waals surface area (Å²) in [5.41, 5.74) is 7.90. The molecule has 0 spiro atoms. The van der Waals surface area contributed by atoms with E-state index in [2.05, 4.69) is 14.7 Å². The van der Waals surface area contributed by atoms with Crippen LogP contribution in [0, 0.1) is 0 Å². The normalized spacial score (nSPS) is 12.8. The summed E-state index contributed by atoms with van der Waals surface area (Å²) < 4.78 is 14.8. The van der Waals surface area contributed by atoms with Gasteiger partial charge in [0, 0.05) is 29.6 Å². The molecule has 2 unspecified atom stereocenters. The minimum absolute atomic E-state index is 0.0843. The molecule has 8 heteroatoms. The van der Waals surface area contributed by atoms with Crippen molar-refractivity contribution < 1.29 is 14.3 Å². The van der Waals surface area contributed by atoms with Crippen molar-refractivity contribution in [2.45, 2.75) is 31.8 Å². The molecule has 1 aromatic heterocycles. The van der Waals surface area contributed by atoms with Crippen molar-refractivity contribution in [1.82, 2.24) is 9.36 Å². The summed E-state index contributed by atoms with van der Waals surface area (Å²) in [6.07, 6.45) is 1.25. The number of Topliss-reactive ketones (excluding diaryl/α,β-unsaturated/α-hetero) is 1. The Labute approximate surface area is 180 Å². The van der Waals surface area contributed by atoms with E-state index in [0.29, 0.717) is 35.1 Å². The quantitative estimate of drug-likeness (QED) is 0.478. The van der Waals surface area contributed by atoms with Crippen LogP contribution in [-0.2, 0) is 6.42 Å². The van der Waals surface area contributed by atoms with Crippen molar-refractivity contribution in [3.63, 3.8) is 0 Å². The summed E-state index contributed by atoms with van der Waals surface area (Å²) in [6.45, 7) is 1.95. The fraction of sp³-hybridized carbons (Fsp3) is 0.318. The molecule has 2 aromatic carbocycles. The van der Waals surface area contributed by atoms with Crippen LogP contribution in [0.2, 0.25) is 0 Å². The molecule has 7 nitrogen and oxygen atoms in total. The predicted molar refractivity (Wildman–Crippen MR) is 119 cm³/mol. The average molecular weight is 427 g/mol. The van der Waals surface area contributed by atoms with Gasteiger partial charge in [-0.15, -0.1) is 0 Å². The number of ether oxygens (including phenoxy) is 2. The zero-order valence-corrected chi connectivity index (χ0v) is 18.1. The SMILES string of the molecule is CCC(N)C(Nc1nc(Cc2ccc(OC)cc2)ns1)C(=O)c1ccc(OC)cc1. The van der Waals surface area contributed by atoms with E-state index in [-0.39, 0.29) is 11.8 Å². The van der Waals surface area contributed by atoms with E-state index in [1.54, 1.807) is 38.5 Å². The summed E-state index contributed by atoms with van der Waals surface area (Å²) in [4.78, 5) is 17.6. The van der Waals surface area contributed by atoms with Crippen LogP contribution in [0.4, 0.5) is 5.13 Å². The fourth-order valence-electron chi connectivity index (χ4n) is 2.98. The van der Waals surface area contributed by atoms with Gasteiger partial charge in [0.2, 0.25) is 5.13 Å². The minimum Gasteiger partial charge on any atom is -0.497 e. The van der Waals surface area contributed by atoms with E-state index in [1.807, 2.05) is 31.2 Å². The Morgan fingerprint density at radius 1 is 1.07 bits per heavy atom. The maximum atomic E-state index is 13.1. The smallest absolute Gasteiger partial charge is 0.203 e. The van der Waals surface area contributed by atoms with Gasteiger partial charge < -0.3 is 20.5 Å². The first-order valence-electron chi connectivity index (χ1n) is 9.70. The van der Waals surface area contributed by atoms with Crippen LogP contribution >= 0.6 is 11.5 Å². The summed E-state index contributed by atoms with van der Waals surface area (Å²) in [7, 11) is 3.23. The first-order chi connectivity index (χ1) is 14.5. The molecular formula is C22H26N4O3S. The van der Waals surface area contributed by atoms with Gasteiger partial charge in [-0.3, -0.25) is 4.79 Å². The number of ketones is 1. The molecule has 30 heavy (non-hydrogen) atoms. The molecule has 2 atom stereocenters. The first-order valence-corrected chi connectivity index (χ1v) is 10.5. The number of rotatable bonds is 10. The molecule has 0 amide bonds. The highest BCUT2D eigenvalue weighted by Crippen LogP contribution is 2.20. The molecule has 3 aromatic rings. The molecule has 158 valence electrons. The molecule has 0 aliphatic rings. The van der Waals surface area contributed by atoms with Crippen LogP contribution in [0.3, 0.4) is 0 Å². The summed E-state index contributed by atoms with van der Waals surface area (Å²) in [6, 6.07) is 13.8. The largest absolute Gasteiger partial charge is 0.497 e. The van der Waals surface area contributed by atoms with Crippen LogP contribution in [-0.4, -0.2) is 41.4 Å². The molecule has 0 aliphatic heterocycles. The molecular weight excluding hydrogens is 400 g/mol. The fourth-order valence-corrected chi connectivity index (χ4v) is 3.60. The third kappa shape index (κ3) is 5.34. The van der Waals surface area contributed by atoms with Crippen molar-refractivity contribution in [1.29, 1.82) is 0 Å². The lowest BCUT2D eigenvalue weighted by molar-refractivity contribution is 0.0958. The molecule has 0 radical (unpaired) electrons. The minimum atomic E-state index is -0.592. The Balaban J connectivity index is 1.72. The van der Waals surface area contributed by atoms with Crippen LogP contribution in [0.25, 0.3) is 0 Å². The highest BCUT2D eigenvalue weighted by atomic mass is 32.1. The van der Waals surface area contributed by atoms with Crippen molar-refractivity contribution in [3.05, 3.63) is 65.5 Å². The molecule has 3 N–H and O–H groups in total. The summed E-state index contributed by atoms with van der Waals surface area (Å²) >= 11 is 1.23. The Morgan fingerprint density at radius 2 is 1.67 bits per heavy atom. The second-order valence-electron chi connectivity index (χ2n) is 6.83. The predicted octanol–water partition coefficient (Wildman–Crippen LogP) is 3.55. The number of carbonyl (C=O) groups is 1. The van der Waals surface area contributed by atoms with E-state index in [1.165, 1.54) is 11.5 Å². The second kappa shape index (κ2) is 10.2. The lowest BCUT2D eigenvalue weighted by atomic mass is 9.97. The van der Waals surface area contributed by atoms with E-state index >= 15 is 0 Å². The van der Waals surface area contributed by atoms with Gasteiger partial charge in [0.15, 0.2) is 5.78 Å². The Morgan fingerprint density at radius 3 is 2.23 bits per heavy atom. The number of nitrogens with one attached hydrogen (secondary N) is 1. The molecule has 0 fully saturated rings. The molecule has 3 rings (SSSR count). The van der Waals surface area contributed by atoms with E-state index in [0.717, 1.165) is 11.3 Å². The second-order valence-corrected chi connectivity index (χ2v) is 7.58. The van der Waals surface area contributed by atoms with Gasteiger partial charge in [0.1, 0.15) is 23.4 Å². The maximum absolute atomic E-state index is 13.1. The Bertz CT molecular complexity index is 957. The van der Waals surface area contributed by atoms with Gasteiger partial charge in [0.25, 0.3) is 0 Å². The molecule has 0 bridgehead atoms. The van der Waals surface area contributed by atoms with Crippen molar-refractivity contribution in [2.75, 3.05) is 19.5 Å². The van der Waals surface area contributed by atoms with Crippen LogP contribution in [0.1, 0.15) is 35.1 Å². The van der Waals surface area contributed by atoms with Crippen LogP contribution < -0.4 is 20.5 Å². The van der Waals surface area contributed by atoms with Gasteiger partial charge in [-0.1, -0.05) is 19.1 Å². The van der Waals surface area contributed by atoms with Gasteiger partial charge in [-0.2, -0.15) is 4.37 Å². The summed E-state index contributed by atoms with van der Waals surface area (Å²) in [5, 5.41) is 3.78. The lowest BCUT2D eigenvalue weighted by Crippen LogP contribution is -2.45. The van der Waals surface area contributed by atoms with Crippen molar-refractivity contribution in [3.8, 4) is 11.5 Å². The molecule has 0 saturated heterocycles. The topological polar surface area (TPSA) is 99.4 Å². The third-order valence-corrected chi connectivity index (χ3v) is 5.51. The number of hydrogen-bond donors (Lipinski definition) is 2.